The van der Waals surface area contributed by atoms with Gasteiger partial charge in [-0.15, -0.1) is 0 Å². The van der Waals surface area contributed by atoms with E-state index in [1.54, 1.807) is 29.9 Å². The van der Waals surface area contributed by atoms with E-state index in [0.29, 0.717) is 5.69 Å². The van der Waals surface area contributed by atoms with Crippen LogP contribution in [-0.4, -0.2) is 15.7 Å². The molecule has 0 radical (unpaired) electrons. The quantitative estimate of drug-likeness (QED) is 0.691. The minimum absolute atomic E-state index is 0.126. The third kappa shape index (κ3) is 2.88. The first-order chi connectivity index (χ1) is 8.99. The fraction of sp³-hybridized carbons (Fsp3) is 0.231. The van der Waals surface area contributed by atoms with Gasteiger partial charge in [-0.25, -0.2) is 4.79 Å². The Morgan fingerprint density at radius 3 is 2.84 bits per heavy atom. The lowest BCUT2D eigenvalue weighted by atomic mass is 10.2. The maximum atomic E-state index is 12.0. The molecule has 2 rings (SSSR count). The molecule has 100 valence electrons. The highest BCUT2D eigenvalue weighted by Gasteiger charge is 2.16. The van der Waals surface area contributed by atoms with E-state index in [1.165, 1.54) is 0 Å². The molecule has 0 amide bonds. The summed E-state index contributed by atoms with van der Waals surface area (Å²) in [5.74, 6) is -0.540. The van der Waals surface area contributed by atoms with Gasteiger partial charge in [0.2, 0.25) is 0 Å². The number of nitrogens with two attached hydrogens (primary N) is 1. The molecule has 19 heavy (non-hydrogen) atoms. The molecule has 5 nitrogen and oxygen atoms in total. The zero-order chi connectivity index (χ0) is 14.0. The molecule has 0 aliphatic rings. The summed E-state index contributed by atoms with van der Waals surface area (Å²) in [5, 5.41) is 4.45. The monoisotopic (exact) mass is 279 g/mol. The van der Waals surface area contributed by atoms with Gasteiger partial charge in [-0.05, 0) is 25.1 Å². The lowest BCUT2D eigenvalue weighted by Gasteiger charge is -2.08. The highest BCUT2D eigenvalue weighted by molar-refractivity contribution is 6.34. The van der Waals surface area contributed by atoms with Crippen molar-refractivity contribution in [1.82, 2.24) is 9.78 Å². The average Bonchev–Trinajstić information content (AvgIpc) is 2.65. The van der Waals surface area contributed by atoms with Crippen LogP contribution in [0.1, 0.15) is 21.7 Å². The maximum Gasteiger partial charge on any atom is 0.342 e. The summed E-state index contributed by atoms with van der Waals surface area (Å²) in [7, 11) is 1.79. The van der Waals surface area contributed by atoms with Crippen molar-refractivity contribution in [3.8, 4) is 0 Å². The van der Waals surface area contributed by atoms with E-state index >= 15 is 0 Å². The predicted molar refractivity (Wildman–Crippen MR) is 72.9 cm³/mol. The Kier molecular flexibility index (Phi) is 3.76. The number of aryl methyl sites for hydroxylation is 2. The number of ether oxygens (including phenoxy) is 1. The van der Waals surface area contributed by atoms with Crippen molar-refractivity contribution >= 4 is 23.3 Å². The zero-order valence-corrected chi connectivity index (χ0v) is 11.4. The number of aromatic nitrogens is 2. The molecule has 6 heteroatoms. The SMILES string of the molecule is Cc1cc(COC(=O)c2c(N)cccc2Cl)n(C)n1. The second kappa shape index (κ2) is 5.32. The van der Waals surface area contributed by atoms with Crippen LogP contribution in [0.3, 0.4) is 0 Å². The van der Waals surface area contributed by atoms with E-state index in [9.17, 15) is 4.79 Å². The van der Waals surface area contributed by atoms with Gasteiger partial charge in [0.15, 0.2) is 0 Å². The third-order valence-corrected chi connectivity index (χ3v) is 3.01. The first-order valence-corrected chi connectivity index (χ1v) is 6.07. The molecule has 0 unspecified atom stereocenters. The van der Waals surface area contributed by atoms with Gasteiger partial charge in [0.05, 0.1) is 16.4 Å². The van der Waals surface area contributed by atoms with Crippen molar-refractivity contribution < 1.29 is 9.53 Å². The van der Waals surface area contributed by atoms with E-state index in [1.807, 2.05) is 13.0 Å². The smallest absolute Gasteiger partial charge is 0.342 e. The standard InChI is InChI=1S/C13H14ClN3O2/c1-8-6-9(17(2)16-8)7-19-13(18)12-10(14)4-3-5-11(12)15/h3-6H,7,15H2,1-2H3. The second-order valence-electron chi connectivity index (χ2n) is 4.18. The molecule has 2 aromatic rings. The van der Waals surface area contributed by atoms with Crippen LogP contribution in [0.25, 0.3) is 0 Å². The molecular weight excluding hydrogens is 266 g/mol. The highest BCUT2D eigenvalue weighted by Crippen LogP contribution is 2.23. The Labute approximate surface area is 115 Å². The van der Waals surface area contributed by atoms with Gasteiger partial charge in [-0.2, -0.15) is 5.10 Å². The number of carbonyl (C=O) groups is 1. The largest absolute Gasteiger partial charge is 0.456 e. The molecule has 1 heterocycles. The molecule has 1 aromatic heterocycles. The molecule has 0 spiro atoms. The van der Waals surface area contributed by atoms with E-state index in [2.05, 4.69) is 5.10 Å². The van der Waals surface area contributed by atoms with Crippen LogP contribution in [0, 0.1) is 6.92 Å². The van der Waals surface area contributed by atoms with Crippen LogP contribution in [0.4, 0.5) is 5.69 Å². The summed E-state index contributed by atoms with van der Waals surface area (Å²) < 4.78 is 6.87. The Bertz CT molecular complexity index is 602. The number of benzene rings is 1. The van der Waals surface area contributed by atoms with Crippen LogP contribution in [0.2, 0.25) is 5.02 Å². The lowest BCUT2D eigenvalue weighted by Crippen LogP contribution is -2.10. The maximum absolute atomic E-state index is 12.0. The van der Waals surface area contributed by atoms with Crippen LogP contribution in [0.15, 0.2) is 24.3 Å². The first kappa shape index (κ1) is 13.4. The molecule has 0 aliphatic carbocycles. The lowest BCUT2D eigenvalue weighted by molar-refractivity contribution is 0.0465. The molecule has 0 bridgehead atoms. The Morgan fingerprint density at radius 2 is 2.26 bits per heavy atom. The Morgan fingerprint density at radius 1 is 1.53 bits per heavy atom. The minimum atomic E-state index is -0.540. The predicted octanol–water partition coefficient (Wildman–Crippen LogP) is 2.32. The van der Waals surface area contributed by atoms with Crippen LogP contribution in [0.5, 0.6) is 0 Å². The van der Waals surface area contributed by atoms with Crippen molar-refractivity contribution in [2.24, 2.45) is 7.05 Å². The van der Waals surface area contributed by atoms with E-state index in [-0.39, 0.29) is 17.2 Å². The second-order valence-corrected chi connectivity index (χ2v) is 4.59. The Hall–Kier alpha value is -2.01. The van der Waals surface area contributed by atoms with E-state index < -0.39 is 5.97 Å². The normalized spacial score (nSPS) is 10.5. The number of rotatable bonds is 3. The number of anilines is 1. The van der Waals surface area contributed by atoms with Crippen LogP contribution in [-0.2, 0) is 18.4 Å². The van der Waals surface area contributed by atoms with Gasteiger partial charge in [-0.3, -0.25) is 4.68 Å². The Balaban J connectivity index is 2.12. The molecular formula is C13H14ClN3O2. The van der Waals surface area contributed by atoms with Crippen molar-refractivity contribution in [3.63, 3.8) is 0 Å². The molecule has 0 saturated carbocycles. The number of halogens is 1. The zero-order valence-electron chi connectivity index (χ0n) is 10.7. The fourth-order valence-corrected chi connectivity index (χ4v) is 2.03. The number of nitrogens with zero attached hydrogens (tertiary/aromatic N) is 2. The summed E-state index contributed by atoms with van der Waals surface area (Å²) in [4.78, 5) is 12.0. The van der Waals surface area contributed by atoms with E-state index in [0.717, 1.165) is 11.4 Å². The van der Waals surface area contributed by atoms with Gasteiger partial charge in [-0.1, -0.05) is 17.7 Å². The summed E-state index contributed by atoms with van der Waals surface area (Å²) >= 11 is 5.94. The van der Waals surface area contributed by atoms with Crippen molar-refractivity contribution in [1.29, 1.82) is 0 Å². The van der Waals surface area contributed by atoms with Crippen LogP contribution >= 0.6 is 11.6 Å². The molecule has 2 N–H and O–H groups in total. The number of nitrogen functional groups attached to an aromatic ring is 1. The minimum Gasteiger partial charge on any atom is -0.456 e. The van der Waals surface area contributed by atoms with E-state index in [4.69, 9.17) is 22.1 Å². The fourth-order valence-electron chi connectivity index (χ4n) is 1.77. The van der Waals surface area contributed by atoms with Gasteiger partial charge in [0.25, 0.3) is 0 Å². The molecule has 0 saturated heterocycles. The average molecular weight is 280 g/mol. The van der Waals surface area contributed by atoms with Crippen molar-refractivity contribution in [2.75, 3.05) is 5.73 Å². The summed E-state index contributed by atoms with van der Waals surface area (Å²) in [6.45, 7) is 2.00. The topological polar surface area (TPSA) is 70.1 Å². The number of esters is 1. The number of carbonyl (C=O) groups excluding carboxylic acids is 1. The highest BCUT2D eigenvalue weighted by atomic mass is 35.5. The van der Waals surface area contributed by atoms with Gasteiger partial charge < -0.3 is 10.5 Å². The molecule has 1 aromatic carbocycles. The molecule has 0 atom stereocenters. The van der Waals surface area contributed by atoms with Gasteiger partial charge in [0, 0.05) is 12.7 Å². The summed E-state index contributed by atoms with van der Waals surface area (Å²) in [5.41, 5.74) is 7.89. The number of hydrogen-bond acceptors (Lipinski definition) is 4. The van der Waals surface area contributed by atoms with Crippen molar-refractivity contribution in [3.05, 3.63) is 46.2 Å². The summed E-state index contributed by atoms with van der Waals surface area (Å²) in [6, 6.07) is 6.74. The third-order valence-electron chi connectivity index (χ3n) is 2.70. The van der Waals surface area contributed by atoms with Gasteiger partial charge in [0.1, 0.15) is 12.2 Å². The first-order valence-electron chi connectivity index (χ1n) is 5.69. The van der Waals surface area contributed by atoms with Crippen LogP contribution < -0.4 is 5.73 Å². The van der Waals surface area contributed by atoms with Crippen molar-refractivity contribution in [2.45, 2.75) is 13.5 Å². The number of hydrogen-bond donors (Lipinski definition) is 1. The van der Waals surface area contributed by atoms with Gasteiger partial charge >= 0.3 is 5.97 Å². The summed E-state index contributed by atoms with van der Waals surface area (Å²) in [6.07, 6.45) is 0. The molecule has 0 fully saturated rings. The molecule has 0 aliphatic heterocycles.